The molecule has 182 valence electrons. The maximum atomic E-state index is 13.7. The summed E-state index contributed by atoms with van der Waals surface area (Å²) in [5, 5.41) is 7.95. The Labute approximate surface area is 196 Å². The van der Waals surface area contributed by atoms with Crippen LogP contribution in [0, 0.1) is 0 Å². The number of carbonyl (C=O) groups is 2. The van der Waals surface area contributed by atoms with Crippen molar-refractivity contribution in [3.63, 3.8) is 0 Å². The zero-order chi connectivity index (χ0) is 25.2. The van der Waals surface area contributed by atoms with Gasteiger partial charge in [-0.3, -0.25) is 14.6 Å². The van der Waals surface area contributed by atoms with Crippen LogP contribution < -0.4 is 25.4 Å². The van der Waals surface area contributed by atoms with Gasteiger partial charge in [-0.25, -0.2) is 0 Å². The number of amides is 2. The number of benzene rings is 2. The maximum Gasteiger partial charge on any atom is 0.507 e. The molecule has 35 heavy (non-hydrogen) atoms. The molecule has 2 heterocycles. The molecule has 0 saturated heterocycles. The summed E-state index contributed by atoms with van der Waals surface area (Å²) in [5.41, 5.74) is 1.18. The largest absolute Gasteiger partial charge is 0.507 e. The van der Waals surface area contributed by atoms with Gasteiger partial charge in [0.05, 0.1) is 11.3 Å². The average Bonchev–Trinajstić information content (AvgIpc) is 2.83. The van der Waals surface area contributed by atoms with Crippen molar-refractivity contribution in [2.75, 3.05) is 17.7 Å². The minimum absolute atomic E-state index is 0.138. The lowest BCUT2D eigenvalue weighted by Gasteiger charge is -2.32. The number of anilines is 2. The highest BCUT2D eigenvalue weighted by molar-refractivity contribution is 6.08. The van der Waals surface area contributed by atoms with Gasteiger partial charge < -0.3 is 25.4 Å². The summed E-state index contributed by atoms with van der Waals surface area (Å²) in [7, 11) is 1.48. The Bertz CT molecular complexity index is 1290. The van der Waals surface area contributed by atoms with E-state index >= 15 is 0 Å². The predicted octanol–water partition coefficient (Wildman–Crippen LogP) is 4.26. The number of ether oxygens (including phenoxy) is 2. The summed E-state index contributed by atoms with van der Waals surface area (Å²) < 4.78 is 62.6. The second kappa shape index (κ2) is 9.12. The minimum atomic E-state index is -4.93. The molecule has 2 aromatic carbocycles. The number of para-hydroxylation sites is 2. The fourth-order valence-corrected chi connectivity index (χ4v) is 3.24. The molecule has 8 nitrogen and oxygen atoms in total. The summed E-state index contributed by atoms with van der Waals surface area (Å²) in [6.45, 7) is 0.232. The molecule has 1 aromatic heterocycles. The van der Waals surface area contributed by atoms with Crippen LogP contribution in [-0.2, 0) is 6.54 Å². The van der Waals surface area contributed by atoms with Crippen LogP contribution in [0.4, 0.5) is 28.9 Å². The lowest BCUT2D eigenvalue weighted by Crippen LogP contribution is -2.52. The third-order valence-corrected chi connectivity index (χ3v) is 4.97. The highest BCUT2D eigenvalue weighted by Crippen LogP contribution is 2.49. The molecule has 1 aliphatic rings. The molecule has 0 spiro atoms. The van der Waals surface area contributed by atoms with Gasteiger partial charge in [0, 0.05) is 25.5 Å². The number of hydrogen-bond donors (Lipinski definition) is 3. The Morgan fingerprint density at radius 2 is 1.63 bits per heavy atom. The van der Waals surface area contributed by atoms with E-state index in [-0.39, 0.29) is 29.4 Å². The van der Waals surface area contributed by atoms with E-state index in [0.717, 1.165) is 6.07 Å². The van der Waals surface area contributed by atoms with E-state index in [2.05, 4.69) is 30.4 Å². The standard InChI is InChI=1S/C23H18F4N4O4/c1-28-21(33)17-11-13(9-10-29-17)12-30-15-6-3-2-5-14(15)20(32)31-16-7-4-8-18-19(16)35-23(26,27)22(24,25)34-18/h2-11,30H,12H2,1H3,(H,28,33)(H,31,32). The molecule has 0 fully saturated rings. The highest BCUT2D eigenvalue weighted by atomic mass is 19.3. The third kappa shape index (κ3) is 4.81. The van der Waals surface area contributed by atoms with Crippen molar-refractivity contribution in [1.29, 1.82) is 0 Å². The van der Waals surface area contributed by atoms with Crippen molar-refractivity contribution in [2.45, 2.75) is 18.8 Å². The Balaban J connectivity index is 1.54. The quantitative estimate of drug-likeness (QED) is 0.447. The van der Waals surface area contributed by atoms with Gasteiger partial charge in [-0.1, -0.05) is 18.2 Å². The molecule has 3 aromatic rings. The highest BCUT2D eigenvalue weighted by Gasteiger charge is 2.66. The van der Waals surface area contributed by atoms with Gasteiger partial charge in [0.1, 0.15) is 5.69 Å². The molecular formula is C23H18F4N4O4. The molecule has 3 N–H and O–H groups in total. The van der Waals surface area contributed by atoms with E-state index in [1.165, 1.54) is 31.4 Å². The molecule has 4 rings (SSSR count). The van der Waals surface area contributed by atoms with Crippen LogP contribution in [-0.4, -0.2) is 36.1 Å². The summed E-state index contributed by atoms with van der Waals surface area (Å²) in [6, 6.07) is 13.1. The van der Waals surface area contributed by atoms with E-state index < -0.39 is 29.6 Å². The van der Waals surface area contributed by atoms with Crippen molar-refractivity contribution in [2.24, 2.45) is 0 Å². The Morgan fingerprint density at radius 3 is 2.40 bits per heavy atom. The molecule has 2 amide bonds. The van der Waals surface area contributed by atoms with Gasteiger partial charge in [0.25, 0.3) is 11.8 Å². The van der Waals surface area contributed by atoms with Crippen molar-refractivity contribution in [3.05, 3.63) is 77.6 Å². The summed E-state index contributed by atoms with van der Waals surface area (Å²) in [4.78, 5) is 28.7. The molecule has 0 aliphatic carbocycles. The number of carbonyl (C=O) groups excluding carboxylic acids is 2. The number of hydrogen-bond acceptors (Lipinski definition) is 6. The minimum Gasteiger partial charge on any atom is -0.421 e. The van der Waals surface area contributed by atoms with E-state index in [4.69, 9.17) is 0 Å². The summed E-state index contributed by atoms with van der Waals surface area (Å²) >= 11 is 0. The Kier molecular flexibility index (Phi) is 6.20. The Hall–Kier alpha value is -4.35. The summed E-state index contributed by atoms with van der Waals surface area (Å²) in [6.07, 6.45) is -8.33. The SMILES string of the molecule is CNC(=O)c1cc(CNc2ccccc2C(=O)Nc2cccc3c2OC(F)(F)C(F)(F)O3)ccn1. The van der Waals surface area contributed by atoms with Crippen LogP contribution in [0.25, 0.3) is 0 Å². The lowest BCUT2D eigenvalue weighted by molar-refractivity contribution is -0.391. The predicted molar refractivity (Wildman–Crippen MR) is 117 cm³/mol. The van der Waals surface area contributed by atoms with Crippen LogP contribution in [0.3, 0.4) is 0 Å². The van der Waals surface area contributed by atoms with Crippen LogP contribution >= 0.6 is 0 Å². The zero-order valence-corrected chi connectivity index (χ0v) is 18.1. The number of nitrogens with one attached hydrogen (secondary N) is 3. The first-order chi connectivity index (χ1) is 16.6. The topological polar surface area (TPSA) is 102 Å². The van der Waals surface area contributed by atoms with Crippen LogP contribution in [0.15, 0.2) is 60.8 Å². The van der Waals surface area contributed by atoms with Crippen molar-refractivity contribution in [3.8, 4) is 11.5 Å². The number of halogens is 4. The number of alkyl halides is 4. The van der Waals surface area contributed by atoms with E-state index in [1.807, 2.05) is 0 Å². The molecule has 0 bridgehead atoms. The van der Waals surface area contributed by atoms with Gasteiger partial charge in [-0.15, -0.1) is 0 Å². The van der Waals surface area contributed by atoms with E-state index in [1.54, 1.807) is 30.3 Å². The number of nitrogens with zero attached hydrogens (tertiary/aromatic N) is 1. The molecule has 0 unspecified atom stereocenters. The molecule has 0 radical (unpaired) electrons. The van der Waals surface area contributed by atoms with Crippen LogP contribution in [0.5, 0.6) is 11.5 Å². The van der Waals surface area contributed by atoms with Crippen molar-refractivity contribution >= 4 is 23.2 Å². The third-order valence-electron chi connectivity index (χ3n) is 4.97. The smallest absolute Gasteiger partial charge is 0.421 e. The van der Waals surface area contributed by atoms with Gasteiger partial charge in [0.15, 0.2) is 11.5 Å². The van der Waals surface area contributed by atoms with Gasteiger partial charge >= 0.3 is 12.2 Å². The van der Waals surface area contributed by atoms with Crippen LogP contribution in [0.2, 0.25) is 0 Å². The molecule has 1 aliphatic heterocycles. The number of rotatable bonds is 6. The first-order valence-electron chi connectivity index (χ1n) is 10.2. The number of aromatic nitrogens is 1. The first-order valence-corrected chi connectivity index (χ1v) is 10.2. The zero-order valence-electron chi connectivity index (χ0n) is 18.1. The second-order valence-corrected chi connectivity index (χ2v) is 7.35. The van der Waals surface area contributed by atoms with Crippen molar-refractivity contribution in [1.82, 2.24) is 10.3 Å². The molecular weight excluding hydrogens is 472 g/mol. The fourth-order valence-electron chi connectivity index (χ4n) is 3.24. The fraction of sp³-hybridized carbons (Fsp3) is 0.174. The lowest BCUT2D eigenvalue weighted by atomic mass is 10.1. The summed E-state index contributed by atoms with van der Waals surface area (Å²) in [5.74, 6) is -2.44. The first kappa shape index (κ1) is 23.8. The Morgan fingerprint density at radius 1 is 0.914 bits per heavy atom. The van der Waals surface area contributed by atoms with Crippen LogP contribution in [0.1, 0.15) is 26.4 Å². The van der Waals surface area contributed by atoms with Crippen molar-refractivity contribution < 1.29 is 36.6 Å². The van der Waals surface area contributed by atoms with Gasteiger partial charge in [0.2, 0.25) is 0 Å². The molecule has 0 atom stereocenters. The average molecular weight is 490 g/mol. The number of pyridine rings is 1. The second-order valence-electron chi connectivity index (χ2n) is 7.35. The molecule has 0 saturated carbocycles. The number of fused-ring (bicyclic) bond motifs is 1. The maximum absolute atomic E-state index is 13.7. The van der Waals surface area contributed by atoms with E-state index in [0.29, 0.717) is 11.3 Å². The monoisotopic (exact) mass is 490 g/mol. The van der Waals surface area contributed by atoms with E-state index in [9.17, 15) is 27.2 Å². The van der Waals surface area contributed by atoms with Gasteiger partial charge in [-0.2, -0.15) is 17.6 Å². The normalized spacial score (nSPS) is 15.1. The molecule has 12 heteroatoms. The van der Waals surface area contributed by atoms with Gasteiger partial charge in [-0.05, 0) is 42.0 Å².